The summed E-state index contributed by atoms with van der Waals surface area (Å²) in [5.74, 6) is -6.35. The van der Waals surface area contributed by atoms with E-state index < -0.39 is 58.0 Å². The van der Waals surface area contributed by atoms with E-state index >= 15 is 0 Å². The molecule has 1 aromatic rings. The molecule has 2 unspecified atom stereocenters. The number of piperidine rings is 1. The molecule has 1 amide bonds. The quantitative estimate of drug-likeness (QED) is 0.313. The molecule has 6 rings (SSSR count). The van der Waals surface area contributed by atoms with Gasteiger partial charge in [-0.2, -0.15) is 0 Å². The lowest BCUT2D eigenvalue weighted by molar-refractivity contribution is -0.153. The fourth-order valence-corrected chi connectivity index (χ4v) is 8.92. The number of rotatable bonds is 5. The summed E-state index contributed by atoms with van der Waals surface area (Å²) in [4.78, 5) is 45.5. The second-order valence-electron chi connectivity index (χ2n) is 14.1. The van der Waals surface area contributed by atoms with E-state index in [1.165, 1.54) is 30.6 Å². The van der Waals surface area contributed by atoms with Gasteiger partial charge in [0.15, 0.2) is 11.4 Å². The van der Waals surface area contributed by atoms with Crippen molar-refractivity contribution in [3.63, 3.8) is 0 Å². The zero-order valence-electron chi connectivity index (χ0n) is 26.0. The van der Waals surface area contributed by atoms with E-state index in [1.54, 1.807) is 14.1 Å². The van der Waals surface area contributed by atoms with Crippen molar-refractivity contribution in [1.82, 2.24) is 9.80 Å². The first-order valence-corrected chi connectivity index (χ1v) is 15.6. The Kier molecular flexibility index (Phi) is 7.37. The number of ketones is 2. The van der Waals surface area contributed by atoms with Gasteiger partial charge in [0.1, 0.15) is 22.8 Å². The summed E-state index contributed by atoms with van der Waals surface area (Å²) in [7, 11) is 6.96. The Labute approximate surface area is 257 Å². The SMILES string of the molecule is CN(C)c1cc(CN2CCC3(CCCC3)CC2)c(O)c2c1CC1CC3[C@H](N(C)C)C(=O)C(C(N)=O)=C(O)[C@@]3(O)C(=O)C1=C2O. The molecule has 44 heavy (non-hydrogen) atoms. The lowest BCUT2D eigenvalue weighted by Crippen LogP contribution is -2.65. The van der Waals surface area contributed by atoms with Crippen molar-refractivity contribution in [1.29, 1.82) is 0 Å². The van der Waals surface area contributed by atoms with Crippen molar-refractivity contribution < 1.29 is 34.8 Å². The van der Waals surface area contributed by atoms with Crippen molar-refractivity contribution in [2.24, 2.45) is 23.0 Å². The molecule has 0 bridgehead atoms. The number of aliphatic hydroxyl groups excluding tert-OH is 2. The maximum atomic E-state index is 14.2. The molecule has 1 spiro atoms. The highest BCUT2D eigenvalue weighted by molar-refractivity contribution is 6.24. The van der Waals surface area contributed by atoms with Gasteiger partial charge in [-0.15, -0.1) is 0 Å². The average molecular weight is 609 g/mol. The monoisotopic (exact) mass is 608 g/mol. The minimum Gasteiger partial charge on any atom is -0.508 e. The first kappa shape index (κ1) is 30.6. The average Bonchev–Trinajstić information content (AvgIpc) is 3.40. The number of aromatic hydroxyl groups is 1. The van der Waals surface area contributed by atoms with Crippen LogP contribution in [0.2, 0.25) is 0 Å². The fraction of sp³-hybridized carbons (Fsp3) is 0.606. The molecule has 1 saturated heterocycles. The molecule has 4 atom stereocenters. The molecule has 3 fully saturated rings. The number of primary amides is 1. The summed E-state index contributed by atoms with van der Waals surface area (Å²) in [6, 6.07) is 0.845. The Hall–Kier alpha value is -3.41. The third-order valence-corrected chi connectivity index (χ3v) is 11.2. The molecule has 6 N–H and O–H groups in total. The van der Waals surface area contributed by atoms with Crippen molar-refractivity contribution in [3.05, 3.63) is 39.7 Å². The molecular formula is C33H44N4O7. The largest absolute Gasteiger partial charge is 0.508 e. The Morgan fingerprint density at radius 3 is 2.25 bits per heavy atom. The van der Waals surface area contributed by atoms with Gasteiger partial charge in [0.05, 0.1) is 11.6 Å². The molecular weight excluding hydrogens is 564 g/mol. The smallest absolute Gasteiger partial charge is 0.255 e. The van der Waals surface area contributed by atoms with Crippen LogP contribution in [0.5, 0.6) is 5.75 Å². The molecule has 238 valence electrons. The Balaban J connectivity index is 1.43. The first-order valence-electron chi connectivity index (χ1n) is 15.6. The number of likely N-dealkylation sites (tertiary alicyclic amines) is 1. The van der Waals surface area contributed by atoms with E-state index in [-0.39, 0.29) is 29.7 Å². The van der Waals surface area contributed by atoms with Crippen LogP contribution < -0.4 is 10.6 Å². The lowest BCUT2D eigenvalue weighted by Gasteiger charge is -2.50. The minimum atomic E-state index is -2.65. The highest BCUT2D eigenvalue weighted by Crippen LogP contribution is 2.54. The number of nitrogens with two attached hydrogens (primary N) is 1. The van der Waals surface area contributed by atoms with Crippen LogP contribution in [0, 0.1) is 17.3 Å². The Morgan fingerprint density at radius 2 is 1.68 bits per heavy atom. The summed E-state index contributed by atoms with van der Waals surface area (Å²) in [5, 5.41) is 46.4. The molecule has 1 heterocycles. The molecule has 0 aromatic heterocycles. The standard InChI is InChI=1S/C33H44N4O7/c1-35(2)21-15-18(16-37-11-9-32(10-12-37)7-5-6-8-32)26(38)23-19(21)13-17-14-20-25(36(3)4)28(40)24(31(34)43)30(42)33(20,44)29(41)22(17)27(23)39/h15,17,20,25,38-39,42,44H,5-14,16H2,1-4H3,(H2,34,43)/t17?,20?,25-,33-/m0/s1. The van der Waals surface area contributed by atoms with Crippen LogP contribution in [-0.2, 0) is 27.3 Å². The van der Waals surface area contributed by atoms with Crippen LogP contribution in [0.25, 0.3) is 5.76 Å². The molecule has 5 aliphatic rings. The van der Waals surface area contributed by atoms with Crippen molar-refractivity contribution >= 4 is 28.9 Å². The number of Topliss-reactive ketones (excluding diaryl/α,β-unsaturated/α-hetero) is 2. The van der Waals surface area contributed by atoms with Crippen molar-refractivity contribution in [3.8, 4) is 5.75 Å². The van der Waals surface area contributed by atoms with Crippen LogP contribution >= 0.6 is 0 Å². The number of phenols is 1. The molecule has 0 radical (unpaired) electrons. The summed E-state index contributed by atoms with van der Waals surface area (Å²) < 4.78 is 0. The van der Waals surface area contributed by atoms with Crippen molar-refractivity contribution in [2.45, 2.75) is 69.6 Å². The summed E-state index contributed by atoms with van der Waals surface area (Å²) in [6.45, 7) is 2.34. The number of likely N-dealkylation sites (N-methyl/N-ethyl adjacent to an activating group) is 1. The Morgan fingerprint density at radius 1 is 1.05 bits per heavy atom. The number of amides is 1. The maximum Gasteiger partial charge on any atom is 0.255 e. The summed E-state index contributed by atoms with van der Waals surface area (Å²) in [5.41, 5.74) is 4.54. The maximum absolute atomic E-state index is 14.2. The molecule has 2 saturated carbocycles. The highest BCUT2D eigenvalue weighted by Gasteiger charge is 2.64. The number of aliphatic hydroxyl groups is 3. The van der Waals surface area contributed by atoms with E-state index in [1.807, 2.05) is 25.1 Å². The van der Waals surface area contributed by atoms with Gasteiger partial charge < -0.3 is 31.1 Å². The van der Waals surface area contributed by atoms with E-state index in [2.05, 4.69) is 4.90 Å². The molecule has 11 heteroatoms. The predicted molar refractivity (Wildman–Crippen MR) is 164 cm³/mol. The highest BCUT2D eigenvalue weighted by atomic mass is 16.3. The summed E-state index contributed by atoms with van der Waals surface area (Å²) in [6.07, 6.45) is 7.76. The van der Waals surface area contributed by atoms with Crippen molar-refractivity contribution in [2.75, 3.05) is 46.2 Å². The number of fused-ring (bicyclic) bond motifs is 3. The van der Waals surface area contributed by atoms with Gasteiger partial charge in [-0.3, -0.25) is 24.2 Å². The third kappa shape index (κ3) is 4.38. The number of phenolic OH excluding ortho intramolecular Hbond substituents is 1. The van der Waals surface area contributed by atoms with Gasteiger partial charge in [-0.25, -0.2) is 0 Å². The topological polar surface area (TPSA) is 168 Å². The lowest BCUT2D eigenvalue weighted by atomic mass is 9.57. The minimum absolute atomic E-state index is 0.0661. The summed E-state index contributed by atoms with van der Waals surface area (Å²) >= 11 is 0. The second kappa shape index (κ2) is 10.6. The number of nitrogens with zero attached hydrogens (tertiary/aromatic N) is 3. The Bertz CT molecular complexity index is 1500. The number of carbonyl (C=O) groups is 3. The normalized spacial score (nSPS) is 30.1. The van der Waals surface area contributed by atoms with Gasteiger partial charge in [-0.1, -0.05) is 12.8 Å². The van der Waals surface area contributed by atoms with E-state index in [0.717, 1.165) is 31.6 Å². The van der Waals surface area contributed by atoms with Gasteiger partial charge in [0.2, 0.25) is 5.78 Å². The van der Waals surface area contributed by atoms with E-state index in [9.17, 15) is 34.8 Å². The third-order valence-electron chi connectivity index (χ3n) is 11.2. The van der Waals surface area contributed by atoms with Gasteiger partial charge >= 0.3 is 0 Å². The number of carbonyl (C=O) groups excluding carboxylic acids is 3. The number of hydrogen-bond acceptors (Lipinski definition) is 10. The molecule has 1 aromatic carbocycles. The number of benzene rings is 1. The fourth-order valence-electron chi connectivity index (χ4n) is 8.92. The predicted octanol–water partition coefficient (Wildman–Crippen LogP) is 2.19. The number of hydrogen-bond donors (Lipinski definition) is 5. The second-order valence-corrected chi connectivity index (χ2v) is 14.1. The van der Waals surface area contributed by atoms with E-state index in [4.69, 9.17) is 5.73 Å². The van der Waals surface area contributed by atoms with Crippen LogP contribution in [0.1, 0.15) is 61.6 Å². The molecule has 4 aliphatic carbocycles. The van der Waals surface area contributed by atoms with E-state index in [0.29, 0.717) is 23.1 Å². The molecule has 11 nitrogen and oxygen atoms in total. The number of anilines is 1. The van der Waals surface area contributed by atoms with Crippen LogP contribution in [0.15, 0.2) is 23.0 Å². The van der Waals surface area contributed by atoms with Crippen LogP contribution in [0.4, 0.5) is 5.69 Å². The zero-order valence-corrected chi connectivity index (χ0v) is 26.0. The van der Waals surface area contributed by atoms with Crippen LogP contribution in [-0.4, -0.2) is 101 Å². The zero-order chi connectivity index (χ0) is 31.9. The van der Waals surface area contributed by atoms with Gasteiger partial charge in [0, 0.05) is 43.4 Å². The van der Waals surface area contributed by atoms with Crippen LogP contribution in [0.3, 0.4) is 0 Å². The first-order chi connectivity index (χ1) is 20.7. The van der Waals surface area contributed by atoms with Gasteiger partial charge in [0.25, 0.3) is 5.91 Å². The van der Waals surface area contributed by atoms with Gasteiger partial charge in [-0.05, 0) is 88.7 Å². The molecule has 1 aliphatic heterocycles.